The molecule has 0 unspecified atom stereocenters. The van der Waals surface area contributed by atoms with Gasteiger partial charge in [0.05, 0.1) is 6.42 Å². The van der Waals surface area contributed by atoms with Gasteiger partial charge in [0.15, 0.2) is 6.47 Å². The van der Waals surface area contributed by atoms with E-state index in [1.807, 2.05) is 0 Å². The SMILES string of the molecule is [C-]1=[O+]CCCO1. The fourth-order valence-corrected chi connectivity index (χ4v) is 0.328. The molecule has 1 heterocycles. The Balaban J connectivity index is 2.26. The Hall–Kier alpha value is -0.530. The van der Waals surface area contributed by atoms with Gasteiger partial charge in [-0.2, -0.15) is 0 Å². The van der Waals surface area contributed by atoms with Crippen LogP contribution in [-0.4, -0.2) is 19.7 Å². The van der Waals surface area contributed by atoms with Crippen molar-refractivity contribution < 1.29 is 9.16 Å². The van der Waals surface area contributed by atoms with Gasteiger partial charge in [-0.3, -0.25) is 0 Å². The fourth-order valence-electron chi connectivity index (χ4n) is 0.328. The summed E-state index contributed by atoms with van der Waals surface area (Å²) in [5.74, 6) is 0. The van der Waals surface area contributed by atoms with Gasteiger partial charge in [-0.05, 0) is 0 Å². The molecule has 0 bridgehead atoms. The highest BCUT2D eigenvalue weighted by Gasteiger charge is 1.89. The van der Waals surface area contributed by atoms with Crippen LogP contribution in [-0.2, 0) is 9.16 Å². The smallest absolute Gasteiger partial charge is 0.170 e. The summed E-state index contributed by atoms with van der Waals surface area (Å²) in [6.45, 7) is 3.81. The van der Waals surface area contributed by atoms with E-state index in [9.17, 15) is 0 Å². The summed E-state index contributed by atoms with van der Waals surface area (Å²) in [7, 11) is 0. The third-order valence-corrected chi connectivity index (χ3v) is 0.611. The zero-order chi connectivity index (χ0) is 4.24. The van der Waals surface area contributed by atoms with Crippen LogP contribution in [0.3, 0.4) is 0 Å². The largest absolute Gasteiger partial charge is 0.503 e. The van der Waals surface area contributed by atoms with Crippen molar-refractivity contribution in [3.05, 3.63) is 0 Å². The van der Waals surface area contributed by atoms with Gasteiger partial charge in [0.1, 0.15) is 13.2 Å². The predicted octanol–water partition coefficient (Wildman–Crippen LogP) is 0.00960. The van der Waals surface area contributed by atoms with Crippen LogP contribution >= 0.6 is 0 Å². The Morgan fingerprint density at radius 1 is 1.67 bits per heavy atom. The molecule has 0 aromatic carbocycles. The molecule has 2 nitrogen and oxygen atoms in total. The van der Waals surface area contributed by atoms with E-state index >= 15 is 0 Å². The third-order valence-electron chi connectivity index (χ3n) is 0.611. The van der Waals surface area contributed by atoms with Gasteiger partial charge >= 0.3 is 0 Å². The van der Waals surface area contributed by atoms with Crippen molar-refractivity contribution in [2.75, 3.05) is 13.2 Å². The lowest BCUT2D eigenvalue weighted by Gasteiger charge is -2.02. The molecule has 6 heavy (non-hydrogen) atoms. The summed E-state index contributed by atoms with van der Waals surface area (Å²) in [6.07, 6.45) is 0.993. The molecule has 0 aromatic heterocycles. The van der Waals surface area contributed by atoms with Gasteiger partial charge in [-0.1, -0.05) is 0 Å². The number of cyclic esters (lactones) is 1. The van der Waals surface area contributed by atoms with E-state index in [0.717, 1.165) is 19.6 Å². The van der Waals surface area contributed by atoms with Crippen molar-refractivity contribution in [1.29, 1.82) is 0 Å². The summed E-state index contributed by atoms with van der Waals surface area (Å²) in [5.41, 5.74) is 0. The van der Waals surface area contributed by atoms with Gasteiger partial charge in [0.25, 0.3) is 0 Å². The number of carbonyl (C=O) groups excluding carboxylic acids is 1. The molecular formula is C4H6O2. The molecule has 0 saturated carbocycles. The number of rotatable bonds is 0. The van der Waals surface area contributed by atoms with Crippen molar-refractivity contribution in [3.63, 3.8) is 0 Å². The van der Waals surface area contributed by atoms with E-state index < -0.39 is 0 Å². The Morgan fingerprint density at radius 2 is 2.67 bits per heavy atom. The van der Waals surface area contributed by atoms with Crippen molar-refractivity contribution in [1.82, 2.24) is 0 Å². The molecule has 1 aliphatic heterocycles. The third kappa shape index (κ3) is 0.708. The average molecular weight is 86.1 g/mol. The quantitative estimate of drug-likeness (QED) is 0.300. The minimum absolute atomic E-state index is 0.764. The minimum Gasteiger partial charge on any atom is -0.503 e. The molecule has 0 radical (unpaired) electrons. The first-order chi connectivity index (χ1) is 3.00. The Morgan fingerprint density at radius 3 is 2.83 bits per heavy atom. The number of ether oxygens (including phenoxy) is 1. The van der Waals surface area contributed by atoms with Crippen molar-refractivity contribution in [3.8, 4) is 0 Å². The molecule has 0 atom stereocenters. The molecule has 0 fully saturated rings. The van der Waals surface area contributed by atoms with E-state index in [1.54, 1.807) is 0 Å². The van der Waals surface area contributed by atoms with Gasteiger partial charge in [-0.25, -0.2) is 0 Å². The molecular weight excluding hydrogens is 80.0 g/mol. The maximum atomic E-state index is 4.60. The zero-order valence-corrected chi connectivity index (χ0v) is 3.44. The second kappa shape index (κ2) is 1.80. The maximum absolute atomic E-state index is 4.60. The minimum atomic E-state index is 0.764. The lowest BCUT2D eigenvalue weighted by molar-refractivity contribution is 0.0271. The molecule has 1 rings (SSSR count). The number of hydrogen-bond donors (Lipinski definition) is 0. The van der Waals surface area contributed by atoms with Crippen LogP contribution in [0.4, 0.5) is 0 Å². The standard InChI is InChI=1S/C4H6O2/c1-2-5-4-6-3-1/h1-3H2. The van der Waals surface area contributed by atoms with Crippen molar-refractivity contribution >= 4 is 6.47 Å². The van der Waals surface area contributed by atoms with E-state index in [2.05, 4.69) is 15.6 Å². The number of hydrogen-bond acceptors (Lipinski definition) is 1. The molecule has 0 saturated heterocycles. The van der Waals surface area contributed by atoms with Gasteiger partial charge < -0.3 is 9.16 Å². The highest BCUT2D eigenvalue weighted by molar-refractivity contribution is 5.39. The van der Waals surface area contributed by atoms with E-state index in [1.165, 1.54) is 0 Å². The summed E-state index contributed by atoms with van der Waals surface area (Å²) < 4.78 is 9.19. The highest BCUT2D eigenvalue weighted by atomic mass is 16.6. The topological polar surface area (TPSA) is 20.5 Å². The van der Waals surface area contributed by atoms with Crippen molar-refractivity contribution in [2.24, 2.45) is 0 Å². The zero-order valence-electron chi connectivity index (χ0n) is 3.44. The molecule has 0 spiro atoms. The molecule has 34 valence electrons. The molecule has 0 amide bonds. The first-order valence-corrected chi connectivity index (χ1v) is 1.99. The van der Waals surface area contributed by atoms with Crippen LogP contribution in [0.15, 0.2) is 0 Å². The lowest BCUT2D eigenvalue weighted by atomic mass is 10.5. The molecule has 0 aromatic rings. The van der Waals surface area contributed by atoms with Crippen LogP contribution in [0, 0.1) is 0 Å². The van der Waals surface area contributed by atoms with Gasteiger partial charge in [0.2, 0.25) is 0 Å². The Labute approximate surface area is 36.4 Å². The summed E-state index contributed by atoms with van der Waals surface area (Å²) in [6, 6.07) is 0. The fraction of sp³-hybridized carbons (Fsp3) is 0.750. The Kier molecular flexibility index (Phi) is 1.10. The van der Waals surface area contributed by atoms with Crippen LogP contribution in [0.5, 0.6) is 0 Å². The van der Waals surface area contributed by atoms with Crippen LogP contribution < -0.4 is 0 Å². The lowest BCUT2D eigenvalue weighted by Crippen LogP contribution is -2.03. The molecule has 1 aliphatic rings. The molecule has 0 aliphatic carbocycles. The normalized spacial score (nSPS) is 20.0. The van der Waals surface area contributed by atoms with Crippen LogP contribution in [0.2, 0.25) is 0 Å². The summed E-state index contributed by atoms with van der Waals surface area (Å²) >= 11 is 0. The summed E-state index contributed by atoms with van der Waals surface area (Å²) in [4.78, 5) is 0. The predicted molar refractivity (Wildman–Crippen MR) is 21.1 cm³/mol. The second-order valence-corrected chi connectivity index (χ2v) is 1.13. The highest BCUT2D eigenvalue weighted by Crippen LogP contribution is 1.82. The van der Waals surface area contributed by atoms with Crippen LogP contribution in [0.25, 0.3) is 0 Å². The van der Waals surface area contributed by atoms with Crippen LogP contribution in [0.1, 0.15) is 6.42 Å². The first-order valence-electron chi connectivity index (χ1n) is 1.99. The second-order valence-electron chi connectivity index (χ2n) is 1.13. The monoisotopic (exact) mass is 86.0 g/mol. The first kappa shape index (κ1) is 3.65. The average Bonchev–Trinajstić information content (AvgIpc) is 1.72. The van der Waals surface area contributed by atoms with Crippen molar-refractivity contribution in [2.45, 2.75) is 6.42 Å². The summed E-state index contributed by atoms with van der Waals surface area (Å²) in [5, 5.41) is 0. The Bertz CT molecular complexity index is 50.6. The van der Waals surface area contributed by atoms with Gasteiger partial charge in [-0.15, -0.1) is 0 Å². The van der Waals surface area contributed by atoms with Gasteiger partial charge in [0, 0.05) is 0 Å². The molecule has 0 N–H and O–H groups in total. The van der Waals surface area contributed by atoms with E-state index in [4.69, 9.17) is 0 Å². The van der Waals surface area contributed by atoms with E-state index in [-0.39, 0.29) is 0 Å². The molecule has 2 heteroatoms. The van der Waals surface area contributed by atoms with E-state index in [0.29, 0.717) is 0 Å². The maximum Gasteiger partial charge on any atom is 0.170 e.